The fourth-order valence-electron chi connectivity index (χ4n) is 1.82. The van der Waals surface area contributed by atoms with Crippen molar-refractivity contribution in [2.75, 3.05) is 6.54 Å². The first kappa shape index (κ1) is 19.3. The van der Waals surface area contributed by atoms with Gasteiger partial charge in [-0.05, 0) is 48.0 Å². The number of alkyl halides is 3. The number of hydrogen-bond acceptors (Lipinski definition) is 3. The molecule has 1 amide bonds. The molecule has 1 rings (SSSR count). The second-order valence-corrected chi connectivity index (χ2v) is 5.78. The number of ether oxygens (including phenoxy) is 1. The number of carbonyl (C=O) groups excluding carboxylic acids is 1. The average molecular weight is 398 g/mol. The first-order valence-electron chi connectivity index (χ1n) is 6.59. The zero-order valence-electron chi connectivity index (χ0n) is 12.4. The summed E-state index contributed by atoms with van der Waals surface area (Å²) in [4.78, 5) is 24.3. The van der Waals surface area contributed by atoms with Crippen molar-refractivity contribution >= 4 is 27.8 Å². The van der Waals surface area contributed by atoms with Crippen molar-refractivity contribution in [1.82, 2.24) is 4.90 Å². The van der Waals surface area contributed by atoms with E-state index in [1.54, 1.807) is 13.8 Å². The van der Waals surface area contributed by atoms with Crippen molar-refractivity contribution in [3.8, 4) is 5.75 Å². The van der Waals surface area contributed by atoms with Gasteiger partial charge in [0.2, 0.25) is 0 Å². The largest absolute Gasteiger partial charge is 0.573 e. The Morgan fingerprint density at radius 3 is 2.43 bits per heavy atom. The summed E-state index contributed by atoms with van der Waals surface area (Å²) >= 11 is 2.92. The number of rotatable bonds is 6. The highest BCUT2D eigenvalue weighted by molar-refractivity contribution is 9.10. The second-order valence-electron chi connectivity index (χ2n) is 4.93. The molecule has 0 bridgehead atoms. The number of aliphatic carboxylic acids is 1. The van der Waals surface area contributed by atoms with E-state index in [0.29, 0.717) is 0 Å². The third kappa shape index (κ3) is 6.09. The molecule has 128 valence electrons. The van der Waals surface area contributed by atoms with E-state index in [2.05, 4.69) is 20.7 Å². The maximum Gasteiger partial charge on any atom is 0.573 e. The number of amides is 1. The molecule has 0 radical (unpaired) electrons. The smallest absolute Gasteiger partial charge is 0.481 e. The predicted octanol–water partition coefficient (Wildman–Crippen LogP) is 3.67. The highest BCUT2D eigenvalue weighted by Gasteiger charge is 2.32. The van der Waals surface area contributed by atoms with Crippen LogP contribution < -0.4 is 4.74 Å². The summed E-state index contributed by atoms with van der Waals surface area (Å²) in [5, 5.41) is 8.72. The Hall–Kier alpha value is -1.77. The van der Waals surface area contributed by atoms with Crippen LogP contribution in [0.5, 0.6) is 5.75 Å². The third-order valence-electron chi connectivity index (χ3n) is 2.85. The van der Waals surface area contributed by atoms with Gasteiger partial charge in [0.25, 0.3) is 5.91 Å². The summed E-state index contributed by atoms with van der Waals surface area (Å²) in [5.41, 5.74) is -0.0217. The third-order valence-corrected chi connectivity index (χ3v) is 3.51. The Kier molecular flexibility index (Phi) is 6.43. The molecule has 0 saturated heterocycles. The highest BCUT2D eigenvalue weighted by atomic mass is 79.9. The van der Waals surface area contributed by atoms with Gasteiger partial charge in [0, 0.05) is 18.2 Å². The van der Waals surface area contributed by atoms with Crippen molar-refractivity contribution in [2.24, 2.45) is 0 Å². The van der Waals surface area contributed by atoms with Crippen LogP contribution in [0.25, 0.3) is 0 Å². The Bertz CT molecular complexity index is 590. The standard InChI is InChI=1S/C14H15BrF3NO4/c1-8(2)19(6-5-12(20)21)13(22)9-3-4-10(15)11(7-9)23-14(16,17)18/h3-4,7-8H,5-6H2,1-2H3,(H,20,21). The lowest BCUT2D eigenvalue weighted by molar-refractivity contribution is -0.274. The van der Waals surface area contributed by atoms with E-state index in [9.17, 15) is 22.8 Å². The molecule has 0 aliphatic heterocycles. The summed E-state index contributed by atoms with van der Waals surface area (Å²) in [6.07, 6.45) is -5.14. The van der Waals surface area contributed by atoms with Crippen molar-refractivity contribution in [1.29, 1.82) is 0 Å². The summed E-state index contributed by atoms with van der Waals surface area (Å²) in [7, 11) is 0. The molecular formula is C14H15BrF3NO4. The monoisotopic (exact) mass is 397 g/mol. The molecule has 0 heterocycles. The van der Waals surface area contributed by atoms with Crippen LogP contribution >= 0.6 is 15.9 Å². The van der Waals surface area contributed by atoms with Gasteiger partial charge in [0.15, 0.2) is 0 Å². The minimum Gasteiger partial charge on any atom is -0.481 e. The molecule has 0 aliphatic rings. The molecule has 9 heteroatoms. The first-order chi connectivity index (χ1) is 10.5. The number of hydrogen-bond donors (Lipinski definition) is 1. The average Bonchev–Trinajstić information content (AvgIpc) is 2.39. The van der Waals surface area contributed by atoms with Crippen molar-refractivity contribution in [2.45, 2.75) is 32.7 Å². The Morgan fingerprint density at radius 1 is 1.35 bits per heavy atom. The fourth-order valence-corrected chi connectivity index (χ4v) is 2.14. The Balaban J connectivity index is 3.05. The number of benzene rings is 1. The van der Waals surface area contributed by atoms with Crippen LogP contribution in [0.4, 0.5) is 13.2 Å². The lowest BCUT2D eigenvalue weighted by atomic mass is 10.1. The summed E-state index contributed by atoms with van der Waals surface area (Å²) in [6.45, 7) is 3.33. The fraction of sp³-hybridized carbons (Fsp3) is 0.429. The van der Waals surface area contributed by atoms with Crippen LogP contribution in [-0.4, -0.2) is 40.8 Å². The van der Waals surface area contributed by atoms with Crippen LogP contribution in [0.15, 0.2) is 22.7 Å². The maximum atomic E-state index is 12.4. The lowest BCUT2D eigenvalue weighted by Crippen LogP contribution is -2.38. The van der Waals surface area contributed by atoms with Gasteiger partial charge >= 0.3 is 12.3 Å². The van der Waals surface area contributed by atoms with E-state index in [1.165, 1.54) is 17.0 Å². The van der Waals surface area contributed by atoms with E-state index in [-0.39, 0.29) is 29.0 Å². The zero-order valence-corrected chi connectivity index (χ0v) is 13.9. The van der Waals surface area contributed by atoms with Gasteiger partial charge in [-0.3, -0.25) is 9.59 Å². The topological polar surface area (TPSA) is 66.8 Å². The van der Waals surface area contributed by atoms with E-state index in [1.807, 2.05) is 0 Å². The van der Waals surface area contributed by atoms with Crippen molar-refractivity contribution in [3.63, 3.8) is 0 Å². The summed E-state index contributed by atoms with van der Waals surface area (Å²) in [6, 6.07) is 3.27. The van der Waals surface area contributed by atoms with Crippen LogP contribution in [0.1, 0.15) is 30.6 Å². The van der Waals surface area contributed by atoms with E-state index in [4.69, 9.17) is 5.11 Å². The van der Waals surface area contributed by atoms with Gasteiger partial charge in [0.1, 0.15) is 5.75 Å². The van der Waals surface area contributed by atoms with E-state index >= 15 is 0 Å². The Labute approximate surface area is 139 Å². The normalized spacial score (nSPS) is 11.4. The molecule has 5 nitrogen and oxygen atoms in total. The molecule has 1 aromatic rings. The van der Waals surface area contributed by atoms with Gasteiger partial charge in [-0.25, -0.2) is 0 Å². The van der Waals surface area contributed by atoms with Gasteiger partial charge in [-0.1, -0.05) is 0 Å². The SMILES string of the molecule is CC(C)N(CCC(=O)O)C(=O)c1ccc(Br)c(OC(F)(F)F)c1. The number of carboxylic acid groups (broad SMARTS) is 1. The number of carbonyl (C=O) groups is 2. The molecule has 1 aromatic carbocycles. The van der Waals surface area contributed by atoms with Gasteiger partial charge < -0.3 is 14.7 Å². The maximum absolute atomic E-state index is 12.4. The molecule has 0 fully saturated rings. The quantitative estimate of drug-likeness (QED) is 0.794. The molecule has 1 N–H and O–H groups in total. The molecule has 23 heavy (non-hydrogen) atoms. The number of nitrogens with zero attached hydrogens (tertiary/aromatic N) is 1. The molecule has 0 spiro atoms. The molecule has 0 aliphatic carbocycles. The van der Waals surface area contributed by atoms with Crippen molar-refractivity contribution in [3.05, 3.63) is 28.2 Å². The van der Waals surface area contributed by atoms with Gasteiger partial charge in [0.05, 0.1) is 10.9 Å². The van der Waals surface area contributed by atoms with Gasteiger partial charge in [-0.15, -0.1) is 13.2 Å². The van der Waals surface area contributed by atoms with E-state index in [0.717, 1.165) is 6.07 Å². The van der Waals surface area contributed by atoms with Crippen LogP contribution in [0, 0.1) is 0 Å². The predicted molar refractivity (Wildman–Crippen MR) is 79.3 cm³/mol. The van der Waals surface area contributed by atoms with Gasteiger partial charge in [-0.2, -0.15) is 0 Å². The van der Waals surface area contributed by atoms with Crippen LogP contribution in [0.3, 0.4) is 0 Å². The Morgan fingerprint density at radius 2 is 1.96 bits per heavy atom. The first-order valence-corrected chi connectivity index (χ1v) is 7.38. The number of halogens is 4. The number of carboxylic acids is 1. The van der Waals surface area contributed by atoms with Crippen LogP contribution in [-0.2, 0) is 4.79 Å². The molecule has 0 saturated carbocycles. The second kappa shape index (κ2) is 7.67. The summed E-state index contributed by atoms with van der Waals surface area (Å²) < 4.78 is 40.9. The van der Waals surface area contributed by atoms with Crippen LogP contribution in [0.2, 0.25) is 0 Å². The molecule has 0 unspecified atom stereocenters. The van der Waals surface area contributed by atoms with E-state index < -0.39 is 24.0 Å². The van der Waals surface area contributed by atoms with Crippen molar-refractivity contribution < 1.29 is 32.6 Å². The zero-order chi connectivity index (χ0) is 17.8. The highest BCUT2D eigenvalue weighted by Crippen LogP contribution is 2.31. The molecular weight excluding hydrogens is 383 g/mol. The minimum absolute atomic E-state index is 0.0217. The molecule has 0 aromatic heterocycles. The summed E-state index contributed by atoms with van der Waals surface area (Å²) in [5.74, 6) is -2.17. The molecule has 0 atom stereocenters. The minimum atomic E-state index is -4.88. The lowest BCUT2D eigenvalue weighted by Gasteiger charge is -2.26.